The predicted octanol–water partition coefficient (Wildman–Crippen LogP) is 2.40. The van der Waals surface area contributed by atoms with Gasteiger partial charge in [-0.15, -0.1) is 0 Å². The van der Waals surface area contributed by atoms with E-state index in [1.165, 1.54) is 6.42 Å². The molecule has 110 valence electrons. The molecule has 19 heavy (non-hydrogen) atoms. The van der Waals surface area contributed by atoms with E-state index in [2.05, 4.69) is 0 Å². The smallest absolute Gasteiger partial charge is 0.326 e. The van der Waals surface area contributed by atoms with Gasteiger partial charge in [0.25, 0.3) is 0 Å². The number of carbonyl (C=O) groups excluding carboxylic acids is 1. The van der Waals surface area contributed by atoms with Crippen molar-refractivity contribution in [2.24, 2.45) is 0 Å². The zero-order chi connectivity index (χ0) is 14.3. The molecule has 2 rings (SSSR count). The summed E-state index contributed by atoms with van der Waals surface area (Å²) in [5.41, 5.74) is -0.178. The second-order valence-electron chi connectivity index (χ2n) is 6.51. The molecule has 0 bridgehead atoms. The van der Waals surface area contributed by atoms with Gasteiger partial charge in [-0.2, -0.15) is 4.31 Å². The van der Waals surface area contributed by atoms with Gasteiger partial charge in [0, 0.05) is 0 Å². The third-order valence-corrected chi connectivity index (χ3v) is 6.03. The van der Waals surface area contributed by atoms with Crippen LogP contribution in [0.4, 0.5) is 0 Å². The summed E-state index contributed by atoms with van der Waals surface area (Å²) in [5.74, 6) is -0.193. The maximum atomic E-state index is 12.6. The third kappa shape index (κ3) is 2.59. The summed E-state index contributed by atoms with van der Waals surface area (Å²) < 4.78 is 19.4. The lowest BCUT2D eigenvalue weighted by Gasteiger charge is -2.25. The molecule has 1 aliphatic carbocycles. The van der Waals surface area contributed by atoms with Crippen LogP contribution in [0, 0.1) is 0 Å². The van der Waals surface area contributed by atoms with Crippen molar-refractivity contribution in [1.82, 2.24) is 4.31 Å². The Hall–Kier alpha value is -0.420. The van der Waals surface area contributed by atoms with E-state index in [0.29, 0.717) is 6.61 Å². The van der Waals surface area contributed by atoms with Crippen LogP contribution >= 0.6 is 0 Å². The van der Waals surface area contributed by atoms with Crippen molar-refractivity contribution in [2.45, 2.75) is 76.1 Å². The highest BCUT2D eigenvalue weighted by Gasteiger charge is 2.70. The number of esters is 1. The summed E-state index contributed by atoms with van der Waals surface area (Å²) in [4.78, 5) is 12.1. The molecule has 5 heteroatoms. The second kappa shape index (κ2) is 5.17. The molecule has 1 heterocycles. The molecular weight excluding hydrogens is 262 g/mol. The van der Waals surface area contributed by atoms with Gasteiger partial charge in [0.05, 0.1) is 16.9 Å². The molecule has 0 amide bonds. The van der Waals surface area contributed by atoms with Crippen LogP contribution in [-0.2, 0) is 20.5 Å². The van der Waals surface area contributed by atoms with Crippen LogP contribution < -0.4 is 0 Å². The second-order valence-corrected chi connectivity index (χ2v) is 8.62. The van der Waals surface area contributed by atoms with Gasteiger partial charge in [0.2, 0.25) is 0 Å². The molecule has 1 saturated carbocycles. The zero-order valence-electron chi connectivity index (χ0n) is 12.4. The van der Waals surface area contributed by atoms with Crippen molar-refractivity contribution >= 4 is 17.0 Å². The van der Waals surface area contributed by atoms with E-state index < -0.39 is 11.0 Å². The third-order valence-electron chi connectivity index (χ3n) is 4.05. The summed E-state index contributed by atoms with van der Waals surface area (Å²) >= 11 is 0. The molecule has 3 atom stereocenters. The molecule has 2 aliphatic rings. The Labute approximate surface area is 118 Å². The highest BCUT2D eigenvalue weighted by molar-refractivity contribution is 7.84. The minimum Gasteiger partial charge on any atom is -0.465 e. The first-order chi connectivity index (χ1) is 8.84. The number of ether oxygens (including phenoxy) is 1. The first-order valence-corrected chi connectivity index (χ1v) is 8.33. The fraction of sp³-hybridized carbons (Fsp3) is 0.929. The fourth-order valence-electron chi connectivity index (χ4n) is 3.09. The Morgan fingerprint density at radius 2 is 1.89 bits per heavy atom. The summed E-state index contributed by atoms with van der Waals surface area (Å²) in [5, 5.41) is 0. The molecule has 1 saturated heterocycles. The van der Waals surface area contributed by atoms with E-state index in [-0.39, 0.29) is 22.3 Å². The molecule has 0 aromatic rings. The van der Waals surface area contributed by atoms with Crippen molar-refractivity contribution in [1.29, 1.82) is 0 Å². The Morgan fingerprint density at radius 1 is 1.32 bits per heavy atom. The minimum atomic E-state index is -1.14. The van der Waals surface area contributed by atoms with Crippen LogP contribution in [0.25, 0.3) is 0 Å². The monoisotopic (exact) mass is 287 g/mol. The SMILES string of the molecule is CCOC(=O)[C@H]1N([S@@](=O)C(C)(C)C)C12CCCCC2. The molecule has 0 radical (unpaired) electrons. The first-order valence-electron chi connectivity index (χ1n) is 7.22. The summed E-state index contributed by atoms with van der Waals surface area (Å²) in [6.07, 6.45) is 5.39. The highest BCUT2D eigenvalue weighted by atomic mass is 32.2. The lowest BCUT2D eigenvalue weighted by molar-refractivity contribution is -0.143. The van der Waals surface area contributed by atoms with E-state index in [4.69, 9.17) is 4.74 Å². The van der Waals surface area contributed by atoms with E-state index in [1.807, 2.05) is 32.0 Å². The summed E-state index contributed by atoms with van der Waals surface area (Å²) in [6.45, 7) is 8.08. The first kappa shape index (κ1) is 15.0. The van der Waals surface area contributed by atoms with Crippen LogP contribution in [0.2, 0.25) is 0 Å². The normalized spacial score (nSPS) is 30.9. The summed E-state index contributed by atoms with van der Waals surface area (Å²) in [7, 11) is -1.14. The molecule has 4 nitrogen and oxygen atoms in total. The topological polar surface area (TPSA) is 46.4 Å². The molecule has 0 aromatic carbocycles. The van der Waals surface area contributed by atoms with Gasteiger partial charge in [0.1, 0.15) is 17.0 Å². The van der Waals surface area contributed by atoms with Crippen molar-refractivity contribution in [3.63, 3.8) is 0 Å². The van der Waals surface area contributed by atoms with Crippen molar-refractivity contribution in [3.8, 4) is 0 Å². The Bertz CT molecular complexity index is 383. The Kier molecular flexibility index (Phi) is 4.07. The molecular formula is C14H25NO3S. The van der Waals surface area contributed by atoms with Gasteiger partial charge in [-0.25, -0.2) is 4.21 Å². The maximum absolute atomic E-state index is 12.6. The van der Waals surface area contributed by atoms with Gasteiger partial charge in [-0.3, -0.25) is 4.79 Å². The van der Waals surface area contributed by atoms with Gasteiger partial charge < -0.3 is 4.74 Å². The van der Waals surface area contributed by atoms with Crippen LogP contribution in [0.15, 0.2) is 0 Å². The van der Waals surface area contributed by atoms with Crippen molar-refractivity contribution < 1.29 is 13.7 Å². The lowest BCUT2D eigenvalue weighted by Crippen LogP contribution is -2.32. The quantitative estimate of drug-likeness (QED) is 0.591. The molecule has 0 aromatic heterocycles. The van der Waals surface area contributed by atoms with Gasteiger partial charge in [-0.05, 0) is 40.5 Å². The highest BCUT2D eigenvalue weighted by Crippen LogP contribution is 2.54. The van der Waals surface area contributed by atoms with Crippen LogP contribution in [0.3, 0.4) is 0 Å². The minimum absolute atomic E-state index is 0.178. The van der Waals surface area contributed by atoms with Gasteiger partial charge in [-0.1, -0.05) is 19.3 Å². The van der Waals surface area contributed by atoms with E-state index in [1.54, 1.807) is 0 Å². The fourth-order valence-corrected chi connectivity index (χ4v) is 4.72. The molecule has 1 spiro atoms. The standard InChI is InChI=1S/C14H25NO3S/c1-5-18-12(16)11-14(9-7-6-8-10-14)15(11)19(17)13(2,3)4/h11H,5-10H2,1-4H3/t11-,15?,19+/m1/s1. The number of carbonyl (C=O) groups is 1. The summed E-state index contributed by atoms with van der Waals surface area (Å²) in [6, 6.07) is -0.284. The number of hydrogen-bond donors (Lipinski definition) is 0. The van der Waals surface area contributed by atoms with Crippen molar-refractivity contribution in [2.75, 3.05) is 6.61 Å². The number of rotatable bonds is 3. The van der Waals surface area contributed by atoms with Crippen LogP contribution in [-0.4, -0.2) is 37.4 Å². The van der Waals surface area contributed by atoms with E-state index >= 15 is 0 Å². The molecule has 0 N–H and O–H groups in total. The average molecular weight is 287 g/mol. The lowest BCUT2D eigenvalue weighted by atomic mass is 9.86. The van der Waals surface area contributed by atoms with E-state index in [0.717, 1.165) is 25.7 Å². The van der Waals surface area contributed by atoms with Crippen LogP contribution in [0.1, 0.15) is 59.8 Å². The number of nitrogens with zero attached hydrogens (tertiary/aromatic N) is 1. The Balaban J connectivity index is 2.20. The maximum Gasteiger partial charge on any atom is 0.326 e. The number of hydrogen-bond acceptors (Lipinski definition) is 3. The van der Waals surface area contributed by atoms with Gasteiger partial charge in [0.15, 0.2) is 0 Å². The largest absolute Gasteiger partial charge is 0.465 e. The van der Waals surface area contributed by atoms with Gasteiger partial charge >= 0.3 is 5.97 Å². The Morgan fingerprint density at radius 3 is 2.37 bits per heavy atom. The van der Waals surface area contributed by atoms with Crippen LogP contribution in [0.5, 0.6) is 0 Å². The molecule has 1 aliphatic heterocycles. The van der Waals surface area contributed by atoms with E-state index in [9.17, 15) is 9.00 Å². The average Bonchev–Trinajstić information content (AvgIpc) is 2.95. The molecule has 2 fully saturated rings. The van der Waals surface area contributed by atoms with Crippen molar-refractivity contribution in [3.05, 3.63) is 0 Å². The zero-order valence-corrected chi connectivity index (χ0v) is 13.2. The molecule has 1 unspecified atom stereocenters. The predicted molar refractivity (Wildman–Crippen MR) is 76.0 cm³/mol.